The zero-order chi connectivity index (χ0) is 21.6. The summed E-state index contributed by atoms with van der Waals surface area (Å²) in [4.78, 5) is 11.8. The molecule has 5 rings (SSSR count). The highest BCUT2D eigenvalue weighted by molar-refractivity contribution is 9.10. The quantitative estimate of drug-likeness (QED) is 0.308. The summed E-state index contributed by atoms with van der Waals surface area (Å²) in [6, 6.07) is 18.2. The Morgan fingerprint density at radius 2 is 1.48 bits per heavy atom. The monoisotopic (exact) mass is 484 g/mol. The lowest BCUT2D eigenvalue weighted by Gasteiger charge is -2.05. The number of fused-ring (bicyclic) bond motifs is 1. The van der Waals surface area contributed by atoms with Crippen molar-refractivity contribution in [1.29, 1.82) is 0 Å². The summed E-state index contributed by atoms with van der Waals surface area (Å²) in [7, 11) is 0. The molecule has 0 fully saturated rings. The minimum Gasteiger partial charge on any atom is -0.338 e. The van der Waals surface area contributed by atoms with Crippen LogP contribution >= 0.6 is 15.9 Å². The van der Waals surface area contributed by atoms with Gasteiger partial charge in [-0.3, -0.25) is 0 Å². The first-order valence-electron chi connectivity index (χ1n) is 9.14. The summed E-state index contributed by atoms with van der Waals surface area (Å²) >= 11 is 3.38. The second kappa shape index (κ2) is 7.35. The normalized spacial score (nSPS) is 11.9. The average molecular weight is 485 g/mol. The molecule has 0 amide bonds. The molecule has 2 aromatic heterocycles. The minimum absolute atomic E-state index is 0.325. The first-order chi connectivity index (χ1) is 14.9. The van der Waals surface area contributed by atoms with Crippen LogP contribution in [-0.2, 0) is 6.18 Å². The maximum atomic E-state index is 12.9. The van der Waals surface area contributed by atoms with Crippen LogP contribution in [0.25, 0.3) is 45.3 Å². The van der Waals surface area contributed by atoms with Crippen LogP contribution in [0.15, 0.2) is 75.7 Å². The number of nitrogens with one attached hydrogen (secondary N) is 1. The molecule has 2 heterocycles. The third-order valence-electron chi connectivity index (χ3n) is 4.74. The second-order valence-electron chi connectivity index (χ2n) is 6.82. The fraction of sp³-hybridized carbons (Fsp3) is 0.0455. The van der Waals surface area contributed by atoms with Gasteiger partial charge in [0.15, 0.2) is 0 Å². The number of benzene rings is 3. The minimum atomic E-state index is -4.40. The van der Waals surface area contributed by atoms with Crippen LogP contribution < -0.4 is 0 Å². The van der Waals surface area contributed by atoms with E-state index in [9.17, 15) is 13.2 Å². The number of hydrogen-bond acceptors (Lipinski definition) is 4. The van der Waals surface area contributed by atoms with Gasteiger partial charge in [-0.15, -0.1) is 0 Å². The smallest absolute Gasteiger partial charge is 0.338 e. The molecule has 0 aliphatic rings. The summed E-state index contributed by atoms with van der Waals surface area (Å²) in [5.41, 5.74) is 2.34. The Balaban J connectivity index is 1.42. The average Bonchev–Trinajstić information content (AvgIpc) is 3.41. The number of aromatic amines is 1. The molecule has 9 heteroatoms. The zero-order valence-electron chi connectivity index (χ0n) is 15.6. The van der Waals surface area contributed by atoms with Crippen molar-refractivity contribution in [1.82, 2.24) is 20.1 Å². The maximum Gasteiger partial charge on any atom is 0.416 e. The maximum absolute atomic E-state index is 12.9. The van der Waals surface area contributed by atoms with Crippen LogP contribution in [0.3, 0.4) is 0 Å². The molecule has 0 aliphatic heterocycles. The van der Waals surface area contributed by atoms with E-state index in [0.29, 0.717) is 28.6 Å². The molecular weight excluding hydrogens is 473 g/mol. The molecule has 154 valence electrons. The molecule has 0 radical (unpaired) electrons. The lowest BCUT2D eigenvalue weighted by molar-refractivity contribution is -0.137. The van der Waals surface area contributed by atoms with E-state index in [2.05, 4.69) is 36.0 Å². The molecule has 0 atom stereocenters. The number of H-pyrrole nitrogens is 1. The van der Waals surface area contributed by atoms with Crippen molar-refractivity contribution in [3.8, 4) is 34.2 Å². The SMILES string of the molecule is FC(F)(F)c1ccc2nc(-c3ccc(-c4noc(-c5ccc(Br)cc5)n4)cc3)[nH]c2c1. The highest BCUT2D eigenvalue weighted by atomic mass is 79.9. The van der Waals surface area contributed by atoms with E-state index in [1.165, 1.54) is 6.07 Å². The van der Waals surface area contributed by atoms with E-state index in [1.807, 2.05) is 24.3 Å². The lowest BCUT2D eigenvalue weighted by atomic mass is 10.1. The number of rotatable bonds is 3. The molecule has 0 spiro atoms. The van der Waals surface area contributed by atoms with Crippen LogP contribution in [0.2, 0.25) is 0 Å². The standard InChI is InChI=1S/C22H12BrF3N4O/c23-16-8-5-14(6-9-16)21-29-20(30-31-21)13-3-1-12(2-4-13)19-27-17-10-7-15(22(24,25)26)11-18(17)28-19/h1-11H,(H,27,28). The molecule has 31 heavy (non-hydrogen) atoms. The van der Waals surface area contributed by atoms with Crippen LogP contribution in [0.4, 0.5) is 13.2 Å². The van der Waals surface area contributed by atoms with Crippen LogP contribution in [0, 0.1) is 0 Å². The first kappa shape index (κ1) is 19.5. The predicted molar refractivity (Wildman–Crippen MR) is 113 cm³/mol. The molecule has 5 nitrogen and oxygen atoms in total. The number of imidazole rings is 1. The summed E-state index contributed by atoms with van der Waals surface area (Å²) in [6.45, 7) is 0. The summed E-state index contributed by atoms with van der Waals surface area (Å²) in [5, 5.41) is 4.03. The fourth-order valence-electron chi connectivity index (χ4n) is 3.15. The van der Waals surface area contributed by atoms with Gasteiger partial charge in [0, 0.05) is 21.2 Å². The van der Waals surface area contributed by atoms with Crippen molar-refractivity contribution in [2.24, 2.45) is 0 Å². The third kappa shape index (κ3) is 3.84. The summed E-state index contributed by atoms with van der Waals surface area (Å²) in [6.07, 6.45) is -4.40. The first-order valence-corrected chi connectivity index (χ1v) is 9.93. The topological polar surface area (TPSA) is 67.6 Å². The third-order valence-corrected chi connectivity index (χ3v) is 5.27. The van der Waals surface area contributed by atoms with Crippen molar-refractivity contribution in [2.75, 3.05) is 0 Å². The molecule has 0 saturated heterocycles. The number of nitrogens with zero attached hydrogens (tertiary/aromatic N) is 3. The van der Waals surface area contributed by atoms with E-state index in [1.54, 1.807) is 24.3 Å². The molecular formula is C22H12BrF3N4O. The molecule has 0 saturated carbocycles. The van der Waals surface area contributed by atoms with Gasteiger partial charge in [-0.25, -0.2) is 4.98 Å². The Bertz CT molecular complexity index is 1370. The number of aromatic nitrogens is 4. The molecule has 3 aromatic carbocycles. The Hall–Kier alpha value is -3.46. The fourth-order valence-corrected chi connectivity index (χ4v) is 3.41. The van der Waals surface area contributed by atoms with Crippen molar-refractivity contribution >= 4 is 27.0 Å². The Morgan fingerprint density at radius 3 is 2.19 bits per heavy atom. The Kier molecular flexibility index (Phi) is 4.62. The zero-order valence-corrected chi connectivity index (χ0v) is 17.2. The second-order valence-corrected chi connectivity index (χ2v) is 7.74. The van der Waals surface area contributed by atoms with Crippen LogP contribution in [0.1, 0.15) is 5.56 Å². The number of alkyl halides is 3. The van der Waals surface area contributed by atoms with Crippen molar-refractivity contribution in [3.05, 3.63) is 76.8 Å². The molecule has 5 aromatic rings. The van der Waals surface area contributed by atoms with Gasteiger partial charge in [0.25, 0.3) is 5.89 Å². The number of hydrogen-bond donors (Lipinski definition) is 1. The Labute approximate surface area is 182 Å². The van der Waals surface area contributed by atoms with Gasteiger partial charge in [-0.1, -0.05) is 45.4 Å². The number of halogens is 4. The molecule has 0 aliphatic carbocycles. The van der Waals surface area contributed by atoms with Gasteiger partial charge in [-0.05, 0) is 42.5 Å². The largest absolute Gasteiger partial charge is 0.416 e. The van der Waals surface area contributed by atoms with Crippen LogP contribution in [-0.4, -0.2) is 20.1 Å². The highest BCUT2D eigenvalue weighted by Crippen LogP contribution is 2.32. The summed E-state index contributed by atoms with van der Waals surface area (Å²) < 4.78 is 45.1. The molecule has 0 unspecified atom stereocenters. The Morgan fingerprint density at radius 1 is 0.806 bits per heavy atom. The molecule has 0 bridgehead atoms. The van der Waals surface area contributed by atoms with E-state index in [4.69, 9.17) is 4.52 Å². The van der Waals surface area contributed by atoms with Gasteiger partial charge in [0.2, 0.25) is 5.82 Å². The van der Waals surface area contributed by atoms with Crippen LogP contribution in [0.5, 0.6) is 0 Å². The summed E-state index contributed by atoms with van der Waals surface area (Å²) in [5.74, 6) is 1.32. The van der Waals surface area contributed by atoms with Gasteiger partial charge < -0.3 is 9.51 Å². The van der Waals surface area contributed by atoms with E-state index in [-0.39, 0.29) is 0 Å². The van der Waals surface area contributed by atoms with Gasteiger partial charge >= 0.3 is 6.18 Å². The van der Waals surface area contributed by atoms with Crippen molar-refractivity contribution < 1.29 is 17.7 Å². The van der Waals surface area contributed by atoms with E-state index < -0.39 is 11.7 Å². The predicted octanol–water partition coefficient (Wildman–Crippen LogP) is 6.73. The highest BCUT2D eigenvalue weighted by Gasteiger charge is 2.30. The van der Waals surface area contributed by atoms with E-state index in [0.717, 1.165) is 33.3 Å². The van der Waals surface area contributed by atoms with Gasteiger partial charge in [0.05, 0.1) is 16.6 Å². The van der Waals surface area contributed by atoms with Gasteiger partial charge in [0.1, 0.15) is 5.82 Å². The van der Waals surface area contributed by atoms with Crippen molar-refractivity contribution in [2.45, 2.75) is 6.18 Å². The lowest BCUT2D eigenvalue weighted by Crippen LogP contribution is -2.04. The molecule has 1 N–H and O–H groups in total. The van der Waals surface area contributed by atoms with E-state index >= 15 is 0 Å². The van der Waals surface area contributed by atoms with Crippen molar-refractivity contribution in [3.63, 3.8) is 0 Å². The van der Waals surface area contributed by atoms with Gasteiger partial charge in [-0.2, -0.15) is 18.2 Å².